The predicted molar refractivity (Wildman–Crippen MR) is 121 cm³/mol. The Kier molecular flexibility index (Phi) is 9.45. The molecule has 0 amide bonds. The zero-order chi connectivity index (χ0) is 20.2. The molecule has 0 saturated heterocycles. The van der Waals surface area contributed by atoms with E-state index in [1.807, 2.05) is 36.4 Å². The van der Waals surface area contributed by atoms with E-state index in [1.54, 1.807) is 24.3 Å². The summed E-state index contributed by atoms with van der Waals surface area (Å²) in [5, 5.41) is 6.24. The van der Waals surface area contributed by atoms with E-state index >= 15 is 0 Å². The molecule has 0 aliphatic heterocycles. The third-order valence-corrected chi connectivity index (χ3v) is 4.66. The lowest BCUT2D eigenvalue weighted by atomic mass is 10.1. The molecule has 0 saturated carbocycles. The van der Waals surface area contributed by atoms with Crippen LogP contribution in [0.15, 0.2) is 60.7 Å². The molecule has 0 aromatic heterocycles. The number of ketones is 2. The Morgan fingerprint density at radius 3 is 1.36 bits per heavy atom. The van der Waals surface area contributed by atoms with Gasteiger partial charge in [-0.2, -0.15) is 0 Å². The maximum Gasteiger partial charge on any atom is 0.169 e. The van der Waals surface area contributed by atoms with Gasteiger partial charge >= 0.3 is 0 Å². The summed E-state index contributed by atoms with van der Waals surface area (Å²) in [5.74, 6) is 0.0430. The summed E-state index contributed by atoms with van der Waals surface area (Å²) in [4.78, 5) is 25.3. The van der Waals surface area contributed by atoms with E-state index in [-0.39, 0.29) is 24.4 Å². The van der Waals surface area contributed by atoms with Gasteiger partial charge in [0, 0.05) is 24.2 Å². The van der Waals surface area contributed by atoms with E-state index in [1.165, 1.54) is 0 Å². The Labute approximate surface area is 176 Å². The summed E-state index contributed by atoms with van der Waals surface area (Å²) < 4.78 is 0. The van der Waals surface area contributed by atoms with Crippen LogP contribution in [0.4, 0.5) is 0 Å². The molecule has 2 rings (SSSR count). The normalized spacial score (nSPS) is 10.1. The number of hydrogen-bond donors (Lipinski definition) is 2. The molecule has 0 fully saturated rings. The van der Waals surface area contributed by atoms with Crippen LogP contribution in [-0.2, 0) is 0 Å². The predicted octanol–water partition coefficient (Wildman–Crippen LogP) is 4.15. The zero-order valence-corrected chi connectivity index (χ0v) is 17.3. The highest BCUT2D eigenvalue weighted by Gasteiger charge is 2.09. The second kappa shape index (κ2) is 12.1. The van der Waals surface area contributed by atoms with Crippen molar-refractivity contribution in [3.63, 3.8) is 0 Å². The molecular weight excluding hydrogens is 388 g/mol. The lowest BCUT2D eigenvalue weighted by Gasteiger charge is -2.09. The minimum atomic E-state index is 0.0215. The fraction of sp³-hybridized carbons (Fsp3) is 0.273. The molecule has 0 aliphatic rings. The average molecular weight is 413 g/mol. The van der Waals surface area contributed by atoms with Gasteiger partial charge in [0.1, 0.15) is 0 Å². The minimum Gasteiger partial charge on any atom is -0.379 e. The van der Waals surface area contributed by atoms with E-state index in [9.17, 15) is 9.59 Å². The van der Waals surface area contributed by atoms with Crippen molar-refractivity contribution >= 4 is 46.0 Å². The molecule has 0 heterocycles. The van der Waals surface area contributed by atoms with Crippen molar-refractivity contribution in [2.24, 2.45) is 0 Å². The molecule has 2 aromatic carbocycles. The van der Waals surface area contributed by atoms with E-state index in [0.29, 0.717) is 34.2 Å². The van der Waals surface area contributed by atoms with Gasteiger partial charge in [-0.1, -0.05) is 85.1 Å². The molecule has 0 bridgehead atoms. The van der Waals surface area contributed by atoms with Crippen LogP contribution < -0.4 is 10.6 Å². The highest BCUT2D eigenvalue weighted by Crippen LogP contribution is 2.04. The minimum absolute atomic E-state index is 0.0215. The van der Waals surface area contributed by atoms with Crippen molar-refractivity contribution in [3.8, 4) is 0 Å². The van der Waals surface area contributed by atoms with Crippen LogP contribution in [0, 0.1) is 0 Å². The molecule has 146 valence electrons. The van der Waals surface area contributed by atoms with Crippen molar-refractivity contribution in [2.75, 3.05) is 13.1 Å². The largest absolute Gasteiger partial charge is 0.379 e. The van der Waals surface area contributed by atoms with E-state index < -0.39 is 0 Å². The first-order valence-corrected chi connectivity index (χ1v) is 10.1. The number of hydrogen-bond acceptors (Lipinski definition) is 4. The average Bonchev–Trinajstić information content (AvgIpc) is 2.71. The van der Waals surface area contributed by atoms with E-state index in [4.69, 9.17) is 24.4 Å². The molecule has 0 aliphatic carbocycles. The van der Waals surface area contributed by atoms with Crippen molar-refractivity contribution in [1.82, 2.24) is 10.6 Å². The fourth-order valence-electron chi connectivity index (χ4n) is 2.57. The third kappa shape index (κ3) is 8.06. The molecule has 6 heteroatoms. The number of Topliss-reactive ketones (excluding diaryl/α,β-unsaturated/α-hetero) is 2. The standard InChI is InChI=1S/C22H24N2O2S2/c25-19(17-9-3-1-4-10-17)15-21(27)23-13-7-8-14-24-22(28)16-20(26)18-11-5-2-6-12-18/h1-6,9-12H,7-8,13-16H2,(H,23,27)(H,24,28). The summed E-state index contributed by atoms with van der Waals surface area (Å²) >= 11 is 10.5. The van der Waals surface area contributed by atoms with E-state index in [0.717, 1.165) is 12.8 Å². The molecule has 4 nitrogen and oxygen atoms in total. The third-order valence-electron chi connectivity index (χ3n) is 4.08. The van der Waals surface area contributed by atoms with Crippen LogP contribution in [0.2, 0.25) is 0 Å². The van der Waals surface area contributed by atoms with Crippen LogP contribution in [0.3, 0.4) is 0 Å². The Hall–Kier alpha value is -2.44. The Balaban J connectivity index is 1.54. The molecule has 2 N–H and O–H groups in total. The summed E-state index contributed by atoms with van der Waals surface area (Å²) in [7, 11) is 0. The van der Waals surface area contributed by atoms with Gasteiger partial charge in [0.15, 0.2) is 11.6 Å². The lowest BCUT2D eigenvalue weighted by Crippen LogP contribution is -2.27. The van der Waals surface area contributed by atoms with Gasteiger partial charge in [-0.05, 0) is 12.8 Å². The number of thiocarbonyl (C=S) groups is 2. The van der Waals surface area contributed by atoms with Gasteiger partial charge in [-0.3, -0.25) is 9.59 Å². The summed E-state index contributed by atoms with van der Waals surface area (Å²) in [6.07, 6.45) is 2.23. The molecule has 0 radical (unpaired) electrons. The van der Waals surface area contributed by atoms with Crippen molar-refractivity contribution in [3.05, 3.63) is 71.8 Å². The summed E-state index contributed by atoms with van der Waals surface area (Å²) in [5.41, 5.74) is 1.35. The van der Waals surface area contributed by atoms with Crippen LogP contribution in [-0.4, -0.2) is 34.6 Å². The van der Waals surface area contributed by atoms with Gasteiger partial charge in [-0.15, -0.1) is 0 Å². The lowest BCUT2D eigenvalue weighted by molar-refractivity contribution is 0.0992. The van der Waals surface area contributed by atoms with Gasteiger partial charge < -0.3 is 10.6 Å². The van der Waals surface area contributed by atoms with Gasteiger partial charge in [0.2, 0.25) is 0 Å². The second-order valence-electron chi connectivity index (χ2n) is 6.34. The Bertz CT molecular complexity index is 738. The molecule has 0 atom stereocenters. The number of rotatable bonds is 11. The van der Waals surface area contributed by atoms with Crippen molar-refractivity contribution in [2.45, 2.75) is 25.7 Å². The highest BCUT2D eigenvalue weighted by atomic mass is 32.1. The van der Waals surface area contributed by atoms with Crippen molar-refractivity contribution in [1.29, 1.82) is 0 Å². The van der Waals surface area contributed by atoms with Crippen LogP contribution in [0.5, 0.6) is 0 Å². The molecule has 0 unspecified atom stereocenters. The molecular formula is C22H24N2O2S2. The van der Waals surface area contributed by atoms with Crippen LogP contribution in [0.1, 0.15) is 46.4 Å². The van der Waals surface area contributed by atoms with E-state index in [2.05, 4.69) is 10.6 Å². The maximum atomic E-state index is 12.1. The fourth-order valence-corrected chi connectivity index (χ4v) is 3.04. The quantitative estimate of drug-likeness (QED) is 0.329. The summed E-state index contributed by atoms with van der Waals surface area (Å²) in [6, 6.07) is 18.3. The number of unbranched alkanes of at least 4 members (excludes halogenated alkanes) is 1. The number of carbonyl (C=O) groups excluding carboxylic acids is 2. The monoisotopic (exact) mass is 412 g/mol. The Morgan fingerprint density at radius 1 is 0.643 bits per heavy atom. The second-order valence-corrected chi connectivity index (χ2v) is 7.32. The topological polar surface area (TPSA) is 58.2 Å². The SMILES string of the molecule is O=C(CC(=S)NCCCCNC(=S)CC(=O)c1ccccc1)c1ccccc1. The van der Waals surface area contributed by atoms with Crippen LogP contribution >= 0.6 is 24.4 Å². The van der Waals surface area contributed by atoms with Gasteiger partial charge in [0.25, 0.3) is 0 Å². The number of nitrogens with one attached hydrogen (secondary N) is 2. The van der Waals surface area contributed by atoms with Gasteiger partial charge in [0.05, 0.1) is 22.8 Å². The molecule has 2 aromatic rings. The number of benzene rings is 2. The molecule has 28 heavy (non-hydrogen) atoms. The first kappa shape index (κ1) is 21.9. The Morgan fingerprint density at radius 2 is 1.00 bits per heavy atom. The first-order valence-electron chi connectivity index (χ1n) is 9.26. The van der Waals surface area contributed by atoms with Gasteiger partial charge in [-0.25, -0.2) is 0 Å². The highest BCUT2D eigenvalue weighted by molar-refractivity contribution is 7.80. The first-order chi connectivity index (χ1) is 13.6. The van der Waals surface area contributed by atoms with Crippen LogP contribution in [0.25, 0.3) is 0 Å². The summed E-state index contributed by atoms with van der Waals surface area (Å²) in [6.45, 7) is 1.41. The zero-order valence-electron chi connectivity index (χ0n) is 15.6. The maximum absolute atomic E-state index is 12.1. The van der Waals surface area contributed by atoms with Crippen molar-refractivity contribution < 1.29 is 9.59 Å². The molecule has 0 spiro atoms. The number of carbonyl (C=O) groups is 2. The smallest absolute Gasteiger partial charge is 0.169 e.